The van der Waals surface area contributed by atoms with Crippen LogP contribution in [0.3, 0.4) is 0 Å². The minimum absolute atomic E-state index is 0.112. The van der Waals surface area contributed by atoms with Gasteiger partial charge in [0.25, 0.3) is 0 Å². The van der Waals surface area contributed by atoms with Crippen LogP contribution in [0.15, 0.2) is 164 Å². The molecule has 49 heavy (non-hydrogen) atoms. The molecule has 0 bridgehead atoms. The number of benzene rings is 7. The predicted molar refractivity (Wildman–Crippen MR) is 205 cm³/mol. The lowest BCUT2D eigenvalue weighted by Gasteiger charge is -2.39. The molecule has 7 aromatic rings. The maximum absolute atomic E-state index is 7.55. The van der Waals surface area contributed by atoms with Gasteiger partial charge in [-0.3, -0.25) is 0 Å². The van der Waals surface area contributed by atoms with Crippen LogP contribution in [-0.4, -0.2) is 0 Å². The summed E-state index contributed by atoms with van der Waals surface area (Å²) in [7, 11) is 0. The van der Waals surface area contributed by atoms with Gasteiger partial charge in [-0.2, -0.15) is 0 Å². The molecule has 1 heterocycles. The van der Waals surface area contributed by atoms with Gasteiger partial charge in [0.15, 0.2) is 5.60 Å². The Morgan fingerprint density at radius 1 is 0.510 bits per heavy atom. The van der Waals surface area contributed by atoms with Crippen molar-refractivity contribution in [2.75, 3.05) is 4.90 Å². The van der Waals surface area contributed by atoms with Gasteiger partial charge in [-0.05, 0) is 75.7 Å². The van der Waals surface area contributed by atoms with Crippen LogP contribution in [0, 0.1) is 0 Å². The molecule has 0 N–H and O–H groups in total. The molecule has 236 valence electrons. The predicted octanol–water partition coefficient (Wildman–Crippen LogP) is 12.6. The molecular weight excluding hydrogens is 595 g/mol. The van der Waals surface area contributed by atoms with Gasteiger partial charge in [0.1, 0.15) is 5.75 Å². The second-order valence-corrected chi connectivity index (χ2v) is 14.1. The normalized spacial score (nSPS) is 15.8. The van der Waals surface area contributed by atoms with E-state index in [4.69, 9.17) is 4.74 Å². The Morgan fingerprint density at radius 3 is 1.67 bits per heavy atom. The van der Waals surface area contributed by atoms with Crippen molar-refractivity contribution in [3.05, 3.63) is 186 Å². The number of rotatable bonds is 5. The van der Waals surface area contributed by atoms with Gasteiger partial charge in [-0.1, -0.05) is 148 Å². The molecule has 2 nitrogen and oxygen atoms in total. The molecule has 1 unspecified atom stereocenters. The number of hydrogen-bond donors (Lipinski definition) is 0. The van der Waals surface area contributed by atoms with Crippen molar-refractivity contribution in [2.24, 2.45) is 0 Å². The van der Waals surface area contributed by atoms with Crippen LogP contribution in [-0.2, 0) is 11.0 Å². The first-order valence-corrected chi connectivity index (χ1v) is 17.1. The highest BCUT2D eigenvalue weighted by Crippen LogP contribution is 2.57. The van der Waals surface area contributed by atoms with E-state index in [1.165, 1.54) is 38.8 Å². The van der Waals surface area contributed by atoms with Crippen LogP contribution < -0.4 is 9.64 Å². The zero-order valence-electron chi connectivity index (χ0n) is 28.0. The molecule has 0 fully saturated rings. The fraction of sp³-hybridized carbons (Fsp3) is 0.106. The fourth-order valence-corrected chi connectivity index (χ4v) is 8.02. The van der Waals surface area contributed by atoms with E-state index >= 15 is 0 Å². The first-order valence-electron chi connectivity index (χ1n) is 17.1. The van der Waals surface area contributed by atoms with Crippen molar-refractivity contribution in [3.8, 4) is 28.0 Å². The van der Waals surface area contributed by atoms with E-state index in [0.717, 1.165) is 39.3 Å². The molecule has 0 aromatic heterocycles. The topological polar surface area (TPSA) is 12.5 Å². The fourth-order valence-electron chi connectivity index (χ4n) is 8.02. The molecule has 2 aliphatic rings. The third-order valence-corrected chi connectivity index (χ3v) is 10.1. The quantitative estimate of drug-likeness (QED) is 0.187. The Labute approximate surface area is 288 Å². The molecule has 9 rings (SSSR count). The van der Waals surface area contributed by atoms with Crippen LogP contribution >= 0.6 is 0 Å². The average Bonchev–Trinajstić information content (AvgIpc) is 3.47. The molecular formula is C47H37NO. The smallest absolute Gasteiger partial charge is 0.178 e. The van der Waals surface area contributed by atoms with Crippen molar-refractivity contribution in [2.45, 2.75) is 31.8 Å². The largest absolute Gasteiger partial charge is 0.472 e. The Kier molecular flexibility index (Phi) is 6.64. The van der Waals surface area contributed by atoms with Gasteiger partial charge in [0.2, 0.25) is 0 Å². The van der Waals surface area contributed by atoms with Crippen LogP contribution in [0.4, 0.5) is 17.1 Å². The second-order valence-electron chi connectivity index (χ2n) is 14.1. The highest BCUT2D eigenvalue weighted by molar-refractivity contribution is 6.19. The van der Waals surface area contributed by atoms with Gasteiger partial charge in [-0.15, -0.1) is 0 Å². The Morgan fingerprint density at radius 2 is 1.04 bits per heavy atom. The number of anilines is 3. The van der Waals surface area contributed by atoms with E-state index in [9.17, 15) is 0 Å². The lowest BCUT2D eigenvalue weighted by molar-refractivity contribution is 0.163. The molecule has 0 saturated heterocycles. The first kappa shape index (κ1) is 29.3. The summed E-state index contributed by atoms with van der Waals surface area (Å²) in [4.78, 5) is 2.30. The van der Waals surface area contributed by atoms with Gasteiger partial charge >= 0.3 is 0 Å². The summed E-state index contributed by atoms with van der Waals surface area (Å²) in [5, 5.41) is 2.45. The third-order valence-electron chi connectivity index (χ3n) is 10.1. The summed E-state index contributed by atoms with van der Waals surface area (Å²) >= 11 is 0. The van der Waals surface area contributed by atoms with E-state index < -0.39 is 5.60 Å². The zero-order valence-corrected chi connectivity index (χ0v) is 28.0. The van der Waals surface area contributed by atoms with Crippen molar-refractivity contribution in [3.63, 3.8) is 0 Å². The summed E-state index contributed by atoms with van der Waals surface area (Å²) in [6.07, 6.45) is 4.62. The molecule has 1 aliphatic heterocycles. The van der Waals surface area contributed by atoms with Crippen LogP contribution in [0.2, 0.25) is 0 Å². The molecule has 0 radical (unpaired) electrons. The molecule has 7 aromatic carbocycles. The van der Waals surface area contributed by atoms with E-state index in [2.05, 4.69) is 196 Å². The highest BCUT2D eigenvalue weighted by atomic mass is 16.5. The Balaban J connectivity index is 1.25. The Hall–Kier alpha value is -5.86. The van der Waals surface area contributed by atoms with Crippen LogP contribution in [0.25, 0.3) is 39.1 Å². The van der Waals surface area contributed by atoms with Crippen molar-refractivity contribution in [1.82, 2.24) is 0 Å². The summed E-state index contributed by atoms with van der Waals surface area (Å²) < 4.78 is 7.55. The number of nitrogens with zero attached hydrogens (tertiary/aromatic N) is 1. The van der Waals surface area contributed by atoms with Gasteiger partial charge in [0.05, 0.1) is 0 Å². The van der Waals surface area contributed by atoms with Crippen molar-refractivity contribution < 1.29 is 4.74 Å². The molecule has 1 aliphatic carbocycles. The van der Waals surface area contributed by atoms with E-state index in [0.29, 0.717) is 0 Å². The number of ether oxygens (including phenoxy) is 1. The summed E-state index contributed by atoms with van der Waals surface area (Å²) in [6, 6.07) is 56.2. The standard InChI is InChI=1S/C47H37NO/c1-46(2,3)44-41-30-31-47(32-16-7-4-8-17-32,49-45(41)40-25-15-24-38-37-22-13-14-23-39(37)43(44)42(38)40)33-26-28-36(29-27-33)48(34-18-9-5-10-19-34)35-20-11-6-12-21-35/h4-31H,1-3H3. The number of fused-ring (bicyclic) bond motifs is 5. The monoisotopic (exact) mass is 631 g/mol. The SMILES string of the molecule is CC(C)(C)c1c2c(c3cccc4c3c1-c1ccccc1-4)OC(c1ccccc1)(c1ccc(N(c3ccccc3)c3ccccc3)cc1)C=C2. The minimum atomic E-state index is -0.822. The third kappa shape index (κ3) is 4.55. The number of para-hydroxylation sites is 2. The highest BCUT2D eigenvalue weighted by Gasteiger charge is 2.41. The van der Waals surface area contributed by atoms with Crippen molar-refractivity contribution in [1.29, 1.82) is 0 Å². The summed E-state index contributed by atoms with van der Waals surface area (Å²) in [5.41, 5.74) is 12.3. The van der Waals surface area contributed by atoms with Crippen molar-refractivity contribution >= 4 is 33.9 Å². The molecule has 0 spiro atoms. The number of hydrogen-bond acceptors (Lipinski definition) is 2. The van der Waals surface area contributed by atoms with Gasteiger partial charge in [-0.25, -0.2) is 0 Å². The van der Waals surface area contributed by atoms with E-state index in [1.54, 1.807) is 0 Å². The molecule has 0 amide bonds. The second kappa shape index (κ2) is 11.1. The molecule has 2 heteroatoms. The minimum Gasteiger partial charge on any atom is -0.472 e. The van der Waals surface area contributed by atoms with Crippen LogP contribution in [0.1, 0.15) is 43.0 Å². The summed E-state index contributed by atoms with van der Waals surface area (Å²) in [5.74, 6) is 0.948. The average molecular weight is 632 g/mol. The summed E-state index contributed by atoms with van der Waals surface area (Å²) in [6.45, 7) is 6.97. The first-order chi connectivity index (χ1) is 23.9. The van der Waals surface area contributed by atoms with E-state index in [-0.39, 0.29) is 5.41 Å². The lowest BCUT2D eigenvalue weighted by atomic mass is 9.75. The van der Waals surface area contributed by atoms with E-state index in [1.807, 2.05) is 0 Å². The zero-order chi connectivity index (χ0) is 33.2. The van der Waals surface area contributed by atoms with Crippen LogP contribution in [0.5, 0.6) is 5.75 Å². The molecule has 1 atom stereocenters. The molecule has 0 saturated carbocycles. The Bertz CT molecular complexity index is 2330. The van der Waals surface area contributed by atoms with Gasteiger partial charge < -0.3 is 9.64 Å². The maximum Gasteiger partial charge on any atom is 0.178 e. The maximum atomic E-state index is 7.55. The lowest BCUT2D eigenvalue weighted by Crippen LogP contribution is -2.35. The van der Waals surface area contributed by atoms with Gasteiger partial charge in [0, 0.05) is 44.5 Å².